The van der Waals surface area contributed by atoms with Crippen molar-refractivity contribution in [2.24, 2.45) is 0 Å². The Morgan fingerprint density at radius 3 is 2.80 bits per heavy atom. The Morgan fingerprint density at radius 1 is 1.40 bits per heavy atom. The van der Waals surface area contributed by atoms with Gasteiger partial charge >= 0.3 is 0 Å². The Hall–Kier alpha value is -3.03. The standard InChI is InChI=1S/C12H9FN4O3/c13-7-3-4-10(17(19)20)9(6-7)16-12(18)11-8(14)2-1-5-15-11/h1-6H,14H2,(H,16,18). The van der Waals surface area contributed by atoms with Gasteiger partial charge in [0.1, 0.15) is 11.5 Å². The van der Waals surface area contributed by atoms with E-state index in [0.29, 0.717) is 0 Å². The molecule has 0 saturated carbocycles. The van der Waals surface area contributed by atoms with Crippen molar-refractivity contribution in [2.45, 2.75) is 0 Å². The van der Waals surface area contributed by atoms with Crippen LogP contribution in [0.5, 0.6) is 0 Å². The zero-order valence-electron chi connectivity index (χ0n) is 10.0. The molecule has 0 spiro atoms. The summed E-state index contributed by atoms with van der Waals surface area (Å²) < 4.78 is 13.1. The lowest BCUT2D eigenvalue weighted by atomic mass is 10.2. The van der Waals surface area contributed by atoms with Gasteiger partial charge in [0.25, 0.3) is 11.6 Å². The molecular formula is C12H9FN4O3. The van der Waals surface area contributed by atoms with Crippen LogP contribution in [0.25, 0.3) is 0 Å². The Balaban J connectivity index is 2.35. The molecular weight excluding hydrogens is 267 g/mol. The number of hydrogen-bond donors (Lipinski definition) is 2. The highest BCUT2D eigenvalue weighted by Gasteiger charge is 2.19. The van der Waals surface area contributed by atoms with Crippen LogP contribution in [0.4, 0.5) is 21.5 Å². The summed E-state index contributed by atoms with van der Waals surface area (Å²) in [6.45, 7) is 0. The number of nitrogens with zero attached hydrogens (tertiary/aromatic N) is 2. The molecule has 0 aliphatic rings. The van der Waals surface area contributed by atoms with Gasteiger partial charge in [-0.3, -0.25) is 14.9 Å². The summed E-state index contributed by atoms with van der Waals surface area (Å²) in [5, 5.41) is 13.0. The maximum atomic E-state index is 13.1. The molecule has 0 radical (unpaired) electrons. The van der Waals surface area contributed by atoms with Crippen molar-refractivity contribution in [3.8, 4) is 0 Å². The summed E-state index contributed by atoms with van der Waals surface area (Å²) in [6.07, 6.45) is 1.35. The van der Waals surface area contributed by atoms with Crippen LogP contribution in [-0.2, 0) is 0 Å². The van der Waals surface area contributed by atoms with Gasteiger partial charge in [-0.25, -0.2) is 9.37 Å². The summed E-state index contributed by atoms with van der Waals surface area (Å²) in [5.41, 5.74) is 4.91. The molecule has 8 heteroatoms. The van der Waals surface area contributed by atoms with Crippen molar-refractivity contribution in [3.63, 3.8) is 0 Å². The van der Waals surface area contributed by atoms with Gasteiger partial charge in [-0.15, -0.1) is 0 Å². The van der Waals surface area contributed by atoms with Gasteiger partial charge in [0.2, 0.25) is 0 Å². The number of nitrogen functional groups attached to an aromatic ring is 1. The number of halogens is 1. The van der Waals surface area contributed by atoms with Crippen molar-refractivity contribution >= 4 is 23.0 Å². The summed E-state index contributed by atoms with van der Waals surface area (Å²) in [6, 6.07) is 5.75. The molecule has 3 N–H and O–H groups in total. The summed E-state index contributed by atoms with van der Waals surface area (Å²) in [5.74, 6) is -1.46. The predicted molar refractivity (Wildman–Crippen MR) is 69.7 cm³/mol. The van der Waals surface area contributed by atoms with E-state index >= 15 is 0 Å². The minimum atomic E-state index is -0.753. The number of anilines is 2. The molecule has 0 aliphatic heterocycles. The number of nitro benzene ring substituents is 1. The van der Waals surface area contributed by atoms with Crippen molar-refractivity contribution in [1.82, 2.24) is 4.98 Å². The summed E-state index contributed by atoms with van der Waals surface area (Å²) in [7, 11) is 0. The zero-order chi connectivity index (χ0) is 14.7. The fourth-order valence-electron chi connectivity index (χ4n) is 1.56. The summed E-state index contributed by atoms with van der Waals surface area (Å²) >= 11 is 0. The molecule has 1 heterocycles. The number of amides is 1. The first-order chi connectivity index (χ1) is 9.49. The SMILES string of the molecule is Nc1cccnc1C(=O)Nc1cc(F)ccc1[N+](=O)[O-]. The Bertz CT molecular complexity index is 690. The van der Waals surface area contributed by atoms with E-state index in [9.17, 15) is 19.3 Å². The second-order valence-electron chi connectivity index (χ2n) is 3.81. The topological polar surface area (TPSA) is 111 Å². The fourth-order valence-corrected chi connectivity index (χ4v) is 1.56. The molecule has 1 aromatic carbocycles. The van der Waals surface area contributed by atoms with Crippen molar-refractivity contribution < 1.29 is 14.1 Å². The number of carbonyl (C=O) groups is 1. The Kier molecular flexibility index (Phi) is 3.56. The molecule has 0 bridgehead atoms. The van der Waals surface area contributed by atoms with Gasteiger partial charge in [-0.1, -0.05) is 0 Å². The monoisotopic (exact) mass is 276 g/mol. The molecule has 102 valence electrons. The van der Waals surface area contributed by atoms with Crippen LogP contribution in [0, 0.1) is 15.9 Å². The fraction of sp³-hybridized carbons (Fsp3) is 0. The Morgan fingerprint density at radius 2 is 2.15 bits per heavy atom. The molecule has 20 heavy (non-hydrogen) atoms. The number of nitrogens with two attached hydrogens (primary N) is 1. The average molecular weight is 276 g/mol. The van der Waals surface area contributed by atoms with Crippen LogP contribution < -0.4 is 11.1 Å². The second kappa shape index (κ2) is 5.31. The van der Waals surface area contributed by atoms with Crippen molar-refractivity contribution in [2.75, 3.05) is 11.1 Å². The second-order valence-corrected chi connectivity index (χ2v) is 3.81. The largest absolute Gasteiger partial charge is 0.397 e. The molecule has 0 fully saturated rings. The molecule has 7 nitrogen and oxygen atoms in total. The lowest BCUT2D eigenvalue weighted by Crippen LogP contribution is -2.16. The maximum Gasteiger partial charge on any atom is 0.292 e. The van der Waals surface area contributed by atoms with E-state index in [1.807, 2.05) is 0 Å². The molecule has 0 aliphatic carbocycles. The third kappa shape index (κ3) is 2.69. The Labute approximate surface area is 112 Å². The third-order valence-electron chi connectivity index (χ3n) is 2.46. The van der Waals surface area contributed by atoms with E-state index in [0.717, 1.165) is 18.2 Å². The van der Waals surface area contributed by atoms with Gasteiger partial charge in [0.15, 0.2) is 5.69 Å². The van der Waals surface area contributed by atoms with Crippen LogP contribution in [0.15, 0.2) is 36.5 Å². The van der Waals surface area contributed by atoms with E-state index in [4.69, 9.17) is 5.73 Å². The highest BCUT2D eigenvalue weighted by Crippen LogP contribution is 2.25. The van der Waals surface area contributed by atoms with Crippen LogP contribution >= 0.6 is 0 Å². The van der Waals surface area contributed by atoms with Crippen LogP contribution in [0.1, 0.15) is 10.5 Å². The van der Waals surface area contributed by atoms with E-state index in [-0.39, 0.29) is 17.1 Å². The predicted octanol–water partition coefficient (Wildman–Crippen LogP) is 1.96. The normalized spacial score (nSPS) is 10.1. The molecule has 0 saturated heterocycles. The molecule has 1 aromatic heterocycles. The summed E-state index contributed by atoms with van der Waals surface area (Å²) in [4.78, 5) is 25.8. The van der Waals surface area contributed by atoms with Crippen LogP contribution in [-0.4, -0.2) is 15.8 Å². The van der Waals surface area contributed by atoms with E-state index in [2.05, 4.69) is 10.3 Å². The smallest absolute Gasteiger partial charge is 0.292 e. The molecule has 2 rings (SSSR count). The third-order valence-corrected chi connectivity index (χ3v) is 2.46. The van der Waals surface area contributed by atoms with Gasteiger partial charge in [0.05, 0.1) is 10.6 Å². The zero-order valence-corrected chi connectivity index (χ0v) is 10.0. The van der Waals surface area contributed by atoms with Crippen molar-refractivity contribution in [3.05, 3.63) is 58.2 Å². The van der Waals surface area contributed by atoms with E-state index in [1.54, 1.807) is 0 Å². The molecule has 0 atom stereocenters. The van der Waals surface area contributed by atoms with E-state index in [1.165, 1.54) is 18.3 Å². The lowest BCUT2D eigenvalue weighted by Gasteiger charge is -2.07. The number of nitrogens with one attached hydrogen (secondary N) is 1. The van der Waals surface area contributed by atoms with Gasteiger partial charge < -0.3 is 11.1 Å². The van der Waals surface area contributed by atoms with Gasteiger partial charge in [-0.2, -0.15) is 0 Å². The number of hydrogen-bond acceptors (Lipinski definition) is 5. The number of rotatable bonds is 3. The highest BCUT2D eigenvalue weighted by atomic mass is 19.1. The molecule has 1 amide bonds. The van der Waals surface area contributed by atoms with Crippen LogP contribution in [0.3, 0.4) is 0 Å². The van der Waals surface area contributed by atoms with E-state index < -0.39 is 22.3 Å². The number of carbonyl (C=O) groups excluding carboxylic acids is 1. The maximum absolute atomic E-state index is 13.1. The van der Waals surface area contributed by atoms with Gasteiger partial charge in [-0.05, 0) is 18.2 Å². The average Bonchev–Trinajstić information content (AvgIpc) is 2.38. The highest BCUT2D eigenvalue weighted by molar-refractivity contribution is 6.07. The van der Waals surface area contributed by atoms with Crippen LogP contribution in [0.2, 0.25) is 0 Å². The number of nitro groups is 1. The first kappa shape index (κ1) is 13.4. The minimum absolute atomic E-state index is 0.0916. The van der Waals surface area contributed by atoms with Crippen molar-refractivity contribution in [1.29, 1.82) is 0 Å². The van der Waals surface area contributed by atoms with Gasteiger partial charge in [0, 0.05) is 18.3 Å². The minimum Gasteiger partial charge on any atom is -0.397 e. The number of pyridine rings is 1. The lowest BCUT2D eigenvalue weighted by molar-refractivity contribution is -0.384. The number of aromatic nitrogens is 1. The molecule has 0 unspecified atom stereocenters. The number of benzene rings is 1. The first-order valence-corrected chi connectivity index (χ1v) is 5.45. The molecule has 2 aromatic rings. The first-order valence-electron chi connectivity index (χ1n) is 5.45. The quantitative estimate of drug-likeness (QED) is 0.657.